The molecule has 0 atom stereocenters. The molecule has 1 aliphatic heterocycles. The second kappa shape index (κ2) is 6.95. The molecule has 2 rings (SSSR count). The van der Waals surface area contributed by atoms with Crippen molar-refractivity contribution in [2.75, 3.05) is 13.3 Å². The van der Waals surface area contributed by atoms with Gasteiger partial charge >= 0.3 is 0 Å². The molecule has 1 aromatic rings. The third-order valence-corrected chi connectivity index (χ3v) is 3.57. The van der Waals surface area contributed by atoms with E-state index >= 15 is 0 Å². The van der Waals surface area contributed by atoms with Crippen LogP contribution in [0.2, 0.25) is 0 Å². The lowest BCUT2D eigenvalue weighted by atomic mass is 10.2. The molecule has 0 saturated heterocycles. The molecule has 0 aromatic heterocycles. The monoisotopic (exact) mass is 342 g/mol. The summed E-state index contributed by atoms with van der Waals surface area (Å²) in [5.41, 5.74) is 1.08. The number of carbonyl (C=O) groups is 1. The summed E-state index contributed by atoms with van der Waals surface area (Å²) in [6.07, 6.45) is 0.473. The molecule has 0 spiro atoms. The number of amides is 1. The van der Waals surface area contributed by atoms with Crippen molar-refractivity contribution >= 4 is 21.8 Å². The fourth-order valence-corrected chi connectivity index (χ4v) is 2.38. The normalized spacial score (nSPS) is 12.8. The van der Waals surface area contributed by atoms with Crippen molar-refractivity contribution in [2.45, 2.75) is 32.9 Å². The van der Waals surface area contributed by atoms with Crippen LogP contribution in [0.4, 0.5) is 0 Å². The molecule has 1 heterocycles. The van der Waals surface area contributed by atoms with Gasteiger partial charge in [0, 0.05) is 30.0 Å². The number of ether oxygens (including phenoxy) is 2. The molecule has 1 aromatic carbocycles. The van der Waals surface area contributed by atoms with Gasteiger partial charge in [-0.15, -0.1) is 0 Å². The Morgan fingerprint density at radius 1 is 1.35 bits per heavy atom. The van der Waals surface area contributed by atoms with Crippen molar-refractivity contribution in [3.63, 3.8) is 0 Å². The van der Waals surface area contributed by atoms with Gasteiger partial charge in [0.25, 0.3) is 0 Å². The molecule has 6 heteroatoms. The molecule has 0 fully saturated rings. The van der Waals surface area contributed by atoms with E-state index in [1.54, 1.807) is 0 Å². The number of halogens is 1. The van der Waals surface area contributed by atoms with Crippen molar-refractivity contribution in [3.05, 3.63) is 22.2 Å². The Bertz CT molecular complexity index is 492. The fourth-order valence-electron chi connectivity index (χ4n) is 1.91. The van der Waals surface area contributed by atoms with Crippen molar-refractivity contribution in [1.82, 2.24) is 10.6 Å². The Hall–Kier alpha value is -1.27. The standard InChI is InChI=1S/C14H19BrN2O3/c1-9(2)17-14(18)3-4-16-7-10-5-12-13(6-11(10)15)20-8-19-12/h5-6,9,16H,3-4,7-8H2,1-2H3,(H,17,18). The molecule has 110 valence electrons. The van der Waals surface area contributed by atoms with Crippen LogP contribution < -0.4 is 20.1 Å². The smallest absolute Gasteiger partial charge is 0.231 e. The zero-order chi connectivity index (χ0) is 14.5. The third kappa shape index (κ3) is 4.11. The topological polar surface area (TPSA) is 59.6 Å². The van der Waals surface area contributed by atoms with Gasteiger partial charge in [0.05, 0.1) is 0 Å². The molecule has 0 bridgehead atoms. The predicted octanol–water partition coefficient (Wildman–Crippen LogP) is 2.18. The van der Waals surface area contributed by atoms with Gasteiger partial charge in [-0.2, -0.15) is 0 Å². The number of benzene rings is 1. The maximum Gasteiger partial charge on any atom is 0.231 e. The summed E-state index contributed by atoms with van der Waals surface area (Å²) in [6.45, 7) is 5.49. The first-order valence-corrected chi connectivity index (χ1v) is 7.43. The first kappa shape index (κ1) is 15.1. The van der Waals surface area contributed by atoms with Crippen molar-refractivity contribution in [2.24, 2.45) is 0 Å². The highest BCUT2D eigenvalue weighted by Crippen LogP contribution is 2.36. The fraction of sp³-hybridized carbons (Fsp3) is 0.500. The highest BCUT2D eigenvalue weighted by molar-refractivity contribution is 9.10. The number of hydrogen-bond donors (Lipinski definition) is 2. The quantitative estimate of drug-likeness (QED) is 0.778. The minimum Gasteiger partial charge on any atom is -0.454 e. The van der Waals surface area contributed by atoms with Crippen LogP contribution in [0.5, 0.6) is 11.5 Å². The highest BCUT2D eigenvalue weighted by Gasteiger charge is 2.16. The van der Waals surface area contributed by atoms with E-state index in [2.05, 4.69) is 26.6 Å². The minimum absolute atomic E-state index is 0.0669. The van der Waals surface area contributed by atoms with Crippen LogP contribution in [0, 0.1) is 0 Å². The molecule has 0 unspecified atom stereocenters. The molecule has 5 nitrogen and oxygen atoms in total. The summed E-state index contributed by atoms with van der Waals surface area (Å²) in [5.74, 6) is 1.59. The zero-order valence-electron chi connectivity index (χ0n) is 11.7. The van der Waals surface area contributed by atoms with E-state index in [1.165, 1.54) is 0 Å². The van der Waals surface area contributed by atoms with E-state index in [0.29, 0.717) is 19.5 Å². The Balaban J connectivity index is 1.79. The molecule has 1 amide bonds. The van der Waals surface area contributed by atoms with E-state index in [0.717, 1.165) is 21.5 Å². The lowest BCUT2D eigenvalue weighted by molar-refractivity contribution is -0.121. The maximum absolute atomic E-state index is 11.5. The lowest BCUT2D eigenvalue weighted by Crippen LogP contribution is -2.32. The summed E-state index contributed by atoms with van der Waals surface area (Å²) < 4.78 is 11.6. The summed E-state index contributed by atoms with van der Waals surface area (Å²) in [5, 5.41) is 6.11. The minimum atomic E-state index is 0.0669. The molecule has 0 saturated carbocycles. The summed E-state index contributed by atoms with van der Waals surface area (Å²) >= 11 is 3.51. The van der Waals surface area contributed by atoms with Crippen molar-refractivity contribution < 1.29 is 14.3 Å². The maximum atomic E-state index is 11.5. The largest absolute Gasteiger partial charge is 0.454 e. The highest BCUT2D eigenvalue weighted by atomic mass is 79.9. The average molecular weight is 343 g/mol. The average Bonchev–Trinajstić information content (AvgIpc) is 2.80. The summed E-state index contributed by atoms with van der Waals surface area (Å²) in [6, 6.07) is 4.05. The van der Waals surface area contributed by atoms with Gasteiger partial charge < -0.3 is 20.1 Å². The van der Waals surface area contributed by atoms with Crippen LogP contribution in [0.15, 0.2) is 16.6 Å². The second-order valence-electron chi connectivity index (χ2n) is 4.95. The van der Waals surface area contributed by atoms with E-state index in [4.69, 9.17) is 9.47 Å². The molecular formula is C14H19BrN2O3. The van der Waals surface area contributed by atoms with Gasteiger partial charge in [-0.25, -0.2) is 0 Å². The number of hydrogen-bond acceptors (Lipinski definition) is 4. The molecule has 2 N–H and O–H groups in total. The van der Waals surface area contributed by atoms with E-state index in [-0.39, 0.29) is 18.7 Å². The molecule has 1 aliphatic rings. The second-order valence-corrected chi connectivity index (χ2v) is 5.80. The van der Waals surface area contributed by atoms with Gasteiger partial charge in [0.2, 0.25) is 12.7 Å². The molecule has 0 aliphatic carbocycles. The van der Waals surface area contributed by atoms with Crippen LogP contribution in [-0.2, 0) is 11.3 Å². The van der Waals surface area contributed by atoms with Gasteiger partial charge in [0.1, 0.15) is 0 Å². The first-order valence-electron chi connectivity index (χ1n) is 6.64. The number of rotatable bonds is 6. The summed E-state index contributed by atoms with van der Waals surface area (Å²) in [4.78, 5) is 11.5. The Morgan fingerprint density at radius 2 is 2.05 bits per heavy atom. The van der Waals surface area contributed by atoms with Crippen molar-refractivity contribution in [1.29, 1.82) is 0 Å². The Labute approximate surface area is 127 Å². The van der Waals surface area contributed by atoms with Gasteiger partial charge in [-0.1, -0.05) is 15.9 Å². The van der Waals surface area contributed by atoms with Crippen LogP contribution in [0.3, 0.4) is 0 Å². The molecule has 20 heavy (non-hydrogen) atoms. The number of nitrogens with one attached hydrogen (secondary N) is 2. The van der Waals surface area contributed by atoms with Crippen LogP contribution in [-0.4, -0.2) is 25.3 Å². The van der Waals surface area contributed by atoms with E-state index in [9.17, 15) is 4.79 Å². The van der Waals surface area contributed by atoms with Gasteiger partial charge in [0.15, 0.2) is 11.5 Å². The van der Waals surface area contributed by atoms with Crippen LogP contribution in [0.1, 0.15) is 25.8 Å². The Morgan fingerprint density at radius 3 is 2.75 bits per heavy atom. The first-order chi connectivity index (χ1) is 9.56. The zero-order valence-corrected chi connectivity index (χ0v) is 13.2. The molecular weight excluding hydrogens is 324 g/mol. The van der Waals surface area contributed by atoms with Crippen LogP contribution >= 0.6 is 15.9 Å². The number of fused-ring (bicyclic) bond motifs is 1. The van der Waals surface area contributed by atoms with Crippen molar-refractivity contribution in [3.8, 4) is 11.5 Å². The van der Waals surface area contributed by atoms with E-state index < -0.39 is 0 Å². The summed E-state index contributed by atoms with van der Waals surface area (Å²) in [7, 11) is 0. The number of carbonyl (C=O) groups excluding carboxylic acids is 1. The lowest BCUT2D eigenvalue weighted by Gasteiger charge is -2.10. The van der Waals surface area contributed by atoms with Gasteiger partial charge in [-0.05, 0) is 31.5 Å². The molecule has 0 radical (unpaired) electrons. The van der Waals surface area contributed by atoms with Crippen LogP contribution in [0.25, 0.3) is 0 Å². The SMILES string of the molecule is CC(C)NC(=O)CCNCc1cc2c(cc1Br)OCO2. The van der Waals surface area contributed by atoms with Gasteiger partial charge in [-0.3, -0.25) is 4.79 Å². The van der Waals surface area contributed by atoms with E-state index in [1.807, 2.05) is 26.0 Å². The predicted molar refractivity (Wildman–Crippen MR) is 79.9 cm³/mol. The Kier molecular flexibility index (Phi) is 5.25. The third-order valence-electron chi connectivity index (χ3n) is 2.84.